The van der Waals surface area contributed by atoms with Crippen LogP contribution in [0.5, 0.6) is 11.5 Å². The molecule has 2 aromatic carbocycles. The molecule has 0 radical (unpaired) electrons. The number of rotatable bonds is 6. The maximum absolute atomic E-state index is 10.3. The predicted octanol–water partition coefficient (Wildman–Crippen LogP) is 3.90. The Morgan fingerprint density at radius 2 is 1.94 bits per heavy atom. The fourth-order valence-electron chi connectivity index (χ4n) is 3.86. The van der Waals surface area contributed by atoms with Crippen LogP contribution in [0.2, 0.25) is 0 Å². The predicted molar refractivity (Wildman–Crippen MR) is 139 cm³/mol. The number of terminal acetylenes is 1. The summed E-state index contributed by atoms with van der Waals surface area (Å²) in [6, 6.07) is 10.8. The van der Waals surface area contributed by atoms with Crippen LogP contribution in [0.4, 0.5) is 5.82 Å². The van der Waals surface area contributed by atoms with Gasteiger partial charge in [-0.3, -0.25) is 4.79 Å². The molecule has 4 aromatic rings. The van der Waals surface area contributed by atoms with Crippen molar-refractivity contribution >= 4 is 33.7 Å². The normalized spacial score (nSPS) is 10.6. The summed E-state index contributed by atoms with van der Waals surface area (Å²) in [6.07, 6.45) is 8.40. The number of nitrogens with one attached hydrogen (secondary N) is 1. The minimum atomic E-state index is -0.380. The highest BCUT2D eigenvalue weighted by Crippen LogP contribution is 2.32. The van der Waals surface area contributed by atoms with Crippen molar-refractivity contribution < 1.29 is 15.0 Å². The molecule has 0 saturated heterocycles. The molecule has 8 heteroatoms. The molecule has 4 rings (SSSR count). The highest BCUT2D eigenvalue weighted by Gasteiger charge is 2.18. The number of carbonyl (C=O) groups is 1. The highest BCUT2D eigenvalue weighted by molar-refractivity contribution is 6.06. The second-order valence-electron chi connectivity index (χ2n) is 8.15. The van der Waals surface area contributed by atoms with Crippen molar-refractivity contribution in [2.45, 2.75) is 46.1 Å². The summed E-state index contributed by atoms with van der Waals surface area (Å²) in [6.45, 7) is 4.66. The first kappa shape index (κ1) is 25.4. The lowest BCUT2D eigenvalue weighted by molar-refractivity contribution is -0.115. The van der Waals surface area contributed by atoms with Gasteiger partial charge in [0, 0.05) is 24.4 Å². The quantitative estimate of drug-likeness (QED) is 0.249. The van der Waals surface area contributed by atoms with Gasteiger partial charge in [-0.25, -0.2) is 9.97 Å². The van der Waals surface area contributed by atoms with Gasteiger partial charge in [-0.05, 0) is 54.7 Å². The van der Waals surface area contributed by atoms with Crippen LogP contribution in [0.3, 0.4) is 0 Å². The summed E-state index contributed by atoms with van der Waals surface area (Å²) >= 11 is 0. The second kappa shape index (κ2) is 11.3. The number of unbranched alkanes of at least 4 members (excludes halogenated alkanes) is 1. The summed E-state index contributed by atoms with van der Waals surface area (Å²) in [5, 5.41) is 23.5. The third-order valence-electron chi connectivity index (χ3n) is 5.76. The Balaban J connectivity index is 0.000000509. The standard InChI is InChI=1S/C23H26N4O2.C4H5NO/c1-3-5-6-20-26-21-22(27(20)13-15-12-16(28)8-10-19(15)29)17-11-14(4-2)7-9-18(17)25-23(21)24;1-3-4(6)5-2/h7-12,28-29H,3-6,13H2,1-2H3,(H2,24,25);1H,2H3,(H,5,6). The number of anilines is 1. The molecule has 0 atom stereocenters. The zero-order valence-electron chi connectivity index (χ0n) is 20.3. The molecule has 0 unspecified atom stereocenters. The fourth-order valence-corrected chi connectivity index (χ4v) is 3.86. The highest BCUT2D eigenvalue weighted by atomic mass is 16.3. The van der Waals surface area contributed by atoms with Crippen LogP contribution in [-0.4, -0.2) is 37.7 Å². The molecular weight excluding hydrogens is 442 g/mol. The fraction of sp³-hybridized carbons (Fsp3) is 0.296. The van der Waals surface area contributed by atoms with E-state index in [-0.39, 0.29) is 17.4 Å². The lowest BCUT2D eigenvalue weighted by Crippen LogP contribution is -2.13. The number of imidazole rings is 1. The molecule has 1 amide bonds. The van der Waals surface area contributed by atoms with E-state index in [1.165, 1.54) is 24.7 Å². The Bertz CT molecular complexity index is 1400. The van der Waals surface area contributed by atoms with Crippen molar-refractivity contribution in [3.63, 3.8) is 0 Å². The maximum atomic E-state index is 10.3. The van der Waals surface area contributed by atoms with Crippen LogP contribution in [0, 0.1) is 12.3 Å². The molecule has 0 aliphatic heterocycles. The summed E-state index contributed by atoms with van der Waals surface area (Å²) in [5.74, 6) is 3.07. The number of hydrogen-bond donors (Lipinski definition) is 4. The van der Waals surface area contributed by atoms with Crippen molar-refractivity contribution in [3.8, 4) is 23.8 Å². The number of benzene rings is 2. The van der Waals surface area contributed by atoms with Crippen LogP contribution in [0.15, 0.2) is 36.4 Å². The van der Waals surface area contributed by atoms with E-state index in [1.54, 1.807) is 6.07 Å². The van der Waals surface area contributed by atoms with Gasteiger partial charge in [0.15, 0.2) is 5.82 Å². The first-order valence-electron chi connectivity index (χ1n) is 11.6. The Labute approximate surface area is 204 Å². The molecule has 5 N–H and O–H groups in total. The van der Waals surface area contributed by atoms with Gasteiger partial charge in [0.2, 0.25) is 0 Å². The van der Waals surface area contributed by atoms with E-state index in [0.29, 0.717) is 23.4 Å². The van der Waals surface area contributed by atoms with Gasteiger partial charge in [0.25, 0.3) is 5.91 Å². The van der Waals surface area contributed by atoms with E-state index in [1.807, 2.05) is 12.0 Å². The molecule has 35 heavy (non-hydrogen) atoms. The summed E-state index contributed by atoms with van der Waals surface area (Å²) in [7, 11) is 1.49. The zero-order chi connectivity index (χ0) is 25.5. The number of nitrogen functional groups attached to an aromatic ring is 1. The van der Waals surface area contributed by atoms with Crippen LogP contribution in [-0.2, 0) is 24.2 Å². The van der Waals surface area contributed by atoms with E-state index in [2.05, 4.69) is 47.3 Å². The number of pyridine rings is 1. The van der Waals surface area contributed by atoms with Crippen LogP contribution >= 0.6 is 0 Å². The number of aromatic hydroxyl groups is 2. The smallest absolute Gasteiger partial charge is 0.295 e. The third kappa shape index (κ3) is 5.64. The molecule has 0 fully saturated rings. The molecule has 2 heterocycles. The first-order valence-corrected chi connectivity index (χ1v) is 11.6. The summed E-state index contributed by atoms with van der Waals surface area (Å²) in [4.78, 5) is 19.2. The minimum absolute atomic E-state index is 0.122. The number of hydrogen-bond acceptors (Lipinski definition) is 6. The molecule has 2 aromatic heterocycles. The van der Waals surface area contributed by atoms with Gasteiger partial charge >= 0.3 is 0 Å². The largest absolute Gasteiger partial charge is 0.508 e. The van der Waals surface area contributed by atoms with Gasteiger partial charge in [0.1, 0.15) is 22.8 Å². The van der Waals surface area contributed by atoms with Crippen molar-refractivity contribution in [1.82, 2.24) is 19.9 Å². The number of phenols is 2. The maximum Gasteiger partial charge on any atom is 0.295 e. The van der Waals surface area contributed by atoms with Crippen molar-refractivity contribution in [2.75, 3.05) is 12.8 Å². The summed E-state index contributed by atoms with van der Waals surface area (Å²) < 4.78 is 2.11. The van der Waals surface area contributed by atoms with E-state index in [0.717, 1.165) is 47.9 Å². The van der Waals surface area contributed by atoms with Gasteiger partial charge in [-0.2, -0.15) is 0 Å². The first-order chi connectivity index (χ1) is 16.8. The molecule has 8 nitrogen and oxygen atoms in total. The van der Waals surface area contributed by atoms with Gasteiger partial charge in [-0.15, -0.1) is 6.42 Å². The molecule has 0 bridgehead atoms. The second-order valence-corrected chi connectivity index (χ2v) is 8.15. The average Bonchev–Trinajstić information content (AvgIpc) is 3.23. The number of carbonyl (C=O) groups excluding carboxylic acids is 1. The molecular formula is C27H31N5O3. The van der Waals surface area contributed by atoms with Crippen LogP contribution in [0.1, 0.15) is 43.6 Å². The molecule has 0 spiro atoms. The third-order valence-corrected chi connectivity index (χ3v) is 5.76. The monoisotopic (exact) mass is 473 g/mol. The van der Waals surface area contributed by atoms with E-state index < -0.39 is 0 Å². The van der Waals surface area contributed by atoms with Gasteiger partial charge in [0.05, 0.1) is 17.6 Å². The molecule has 0 aliphatic carbocycles. The number of nitrogens with zero attached hydrogens (tertiary/aromatic N) is 3. The Hall–Kier alpha value is -4.25. The molecule has 182 valence electrons. The molecule has 0 saturated carbocycles. The minimum Gasteiger partial charge on any atom is -0.508 e. The van der Waals surface area contributed by atoms with Crippen molar-refractivity contribution in [2.24, 2.45) is 0 Å². The number of aromatic nitrogens is 3. The van der Waals surface area contributed by atoms with E-state index >= 15 is 0 Å². The van der Waals surface area contributed by atoms with Crippen molar-refractivity contribution in [1.29, 1.82) is 0 Å². The van der Waals surface area contributed by atoms with Gasteiger partial charge < -0.3 is 25.8 Å². The van der Waals surface area contributed by atoms with Crippen molar-refractivity contribution in [3.05, 3.63) is 53.3 Å². The number of fused-ring (bicyclic) bond motifs is 3. The lowest BCUT2D eigenvalue weighted by atomic mass is 10.1. The number of nitrogens with two attached hydrogens (primary N) is 1. The topological polar surface area (TPSA) is 126 Å². The number of phenolic OH excluding ortho intramolecular Hbond substituents is 2. The van der Waals surface area contributed by atoms with Crippen LogP contribution < -0.4 is 11.1 Å². The van der Waals surface area contributed by atoms with Crippen LogP contribution in [0.25, 0.3) is 21.9 Å². The Morgan fingerprint density at radius 3 is 2.57 bits per heavy atom. The Morgan fingerprint density at radius 1 is 1.17 bits per heavy atom. The summed E-state index contributed by atoms with van der Waals surface area (Å²) in [5.41, 5.74) is 10.6. The number of aryl methyl sites for hydroxylation is 2. The van der Waals surface area contributed by atoms with E-state index in [9.17, 15) is 15.0 Å². The zero-order valence-corrected chi connectivity index (χ0v) is 20.3. The van der Waals surface area contributed by atoms with Gasteiger partial charge in [-0.1, -0.05) is 26.3 Å². The Kier molecular flexibility index (Phi) is 8.16. The van der Waals surface area contributed by atoms with E-state index in [4.69, 9.17) is 10.7 Å². The average molecular weight is 474 g/mol. The molecule has 0 aliphatic rings. The number of amides is 1. The SMILES string of the molecule is C#CC(=O)NC.CCCCc1nc2c(N)nc3ccc(CC)cc3c2n1Cc1cc(O)ccc1O. The lowest BCUT2D eigenvalue weighted by Gasteiger charge is -2.13.